The number of aryl methyl sites for hydroxylation is 1. The van der Waals surface area contributed by atoms with Crippen molar-refractivity contribution in [1.29, 1.82) is 0 Å². The Morgan fingerprint density at radius 2 is 2.33 bits per heavy atom. The molecule has 0 radical (unpaired) electrons. The molecule has 2 atom stereocenters. The van der Waals surface area contributed by atoms with Crippen LogP contribution in [0.1, 0.15) is 30.7 Å². The van der Waals surface area contributed by atoms with Crippen LogP contribution in [0.2, 0.25) is 0 Å². The Balaban J connectivity index is 1.79. The van der Waals surface area contributed by atoms with E-state index in [0.29, 0.717) is 5.92 Å². The maximum atomic E-state index is 5.83. The van der Waals surface area contributed by atoms with E-state index in [0.717, 1.165) is 31.0 Å². The third-order valence-corrected chi connectivity index (χ3v) is 5.18. The molecule has 2 heterocycles. The van der Waals surface area contributed by atoms with Crippen molar-refractivity contribution < 1.29 is 0 Å². The smallest absolute Gasteiger partial charge is 0.138 e. The number of hydrogen-bond donors (Lipinski definition) is 2. The van der Waals surface area contributed by atoms with E-state index < -0.39 is 0 Å². The summed E-state index contributed by atoms with van der Waals surface area (Å²) in [7, 11) is 0. The van der Waals surface area contributed by atoms with Gasteiger partial charge in [0.2, 0.25) is 0 Å². The van der Waals surface area contributed by atoms with Crippen LogP contribution in [0, 0.1) is 0 Å². The third-order valence-electron chi connectivity index (χ3n) is 3.97. The fourth-order valence-corrected chi connectivity index (χ4v) is 4.21. The van der Waals surface area contributed by atoms with Gasteiger partial charge in [0.05, 0.1) is 0 Å². The second-order valence-electron chi connectivity index (χ2n) is 5.33. The average Bonchev–Trinajstić information content (AvgIpc) is 3.12. The van der Waals surface area contributed by atoms with Gasteiger partial charge in [0, 0.05) is 35.6 Å². The second-order valence-corrected chi connectivity index (χ2v) is 6.39. The van der Waals surface area contributed by atoms with Gasteiger partial charge < -0.3 is 0 Å². The molecule has 0 bridgehead atoms. The molecule has 2 aromatic rings. The van der Waals surface area contributed by atoms with Crippen LogP contribution in [0.15, 0.2) is 35.5 Å². The molecule has 2 unspecified atom stereocenters. The van der Waals surface area contributed by atoms with Gasteiger partial charge in [0.15, 0.2) is 0 Å². The molecule has 6 heteroatoms. The van der Waals surface area contributed by atoms with Crippen molar-refractivity contribution in [2.75, 3.05) is 5.75 Å². The van der Waals surface area contributed by atoms with Gasteiger partial charge in [-0.15, -0.1) is 11.8 Å². The maximum Gasteiger partial charge on any atom is 0.138 e. The summed E-state index contributed by atoms with van der Waals surface area (Å²) in [4.78, 5) is 5.77. The van der Waals surface area contributed by atoms with Gasteiger partial charge in [-0.3, -0.25) is 16.0 Å². The largest absolute Gasteiger partial charge is 0.271 e. The predicted molar refractivity (Wildman–Crippen MR) is 85.0 cm³/mol. The SMILES string of the molecule is CCCn1ncnc1CC(NN)C1CSc2ccccc21. The van der Waals surface area contributed by atoms with Gasteiger partial charge in [0.25, 0.3) is 0 Å². The Hall–Kier alpha value is -1.37. The Kier molecular flexibility index (Phi) is 4.57. The Bertz CT molecular complexity index is 597. The first-order valence-corrected chi connectivity index (χ1v) is 8.36. The van der Waals surface area contributed by atoms with Gasteiger partial charge >= 0.3 is 0 Å². The monoisotopic (exact) mass is 303 g/mol. The summed E-state index contributed by atoms with van der Waals surface area (Å²) < 4.78 is 1.98. The fourth-order valence-electron chi connectivity index (χ4n) is 2.88. The van der Waals surface area contributed by atoms with Gasteiger partial charge in [-0.25, -0.2) is 4.98 Å². The lowest BCUT2D eigenvalue weighted by Gasteiger charge is -2.23. The van der Waals surface area contributed by atoms with Crippen LogP contribution in [-0.4, -0.2) is 26.6 Å². The van der Waals surface area contributed by atoms with Crippen molar-refractivity contribution in [2.45, 2.75) is 43.2 Å². The van der Waals surface area contributed by atoms with Crippen LogP contribution in [0.4, 0.5) is 0 Å². The number of nitrogens with one attached hydrogen (secondary N) is 1. The van der Waals surface area contributed by atoms with Crippen molar-refractivity contribution >= 4 is 11.8 Å². The molecule has 1 aromatic carbocycles. The number of nitrogens with two attached hydrogens (primary N) is 1. The van der Waals surface area contributed by atoms with Crippen LogP contribution in [-0.2, 0) is 13.0 Å². The number of nitrogens with zero attached hydrogens (tertiary/aromatic N) is 3. The minimum absolute atomic E-state index is 0.181. The minimum atomic E-state index is 0.181. The minimum Gasteiger partial charge on any atom is -0.271 e. The average molecular weight is 303 g/mol. The molecule has 0 amide bonds. The highest BCUT2D eigenvalue weighted by Crippen LogP contribution is 2.41. The Morgan fingerprint density at radius 3 is 3.14 bits per heavy atom. The number of hydrazine groups is 1. The number of rotatable bonds is 6. The molecule has 0 saturated carbocycles. The van der Waals surface area contributed by atoms with E-state index in [1.807, 2.05) is 16.4 Å². The number of hydrogen-bond acceptors (Lipinski definition) is 5. The molecular formula is C15H21N5S. The van der Waals surface area contributed by atoms with Gasteiger partial charge in [0.1, 0.15) is 12.2 Å². The fraction of sp³-hybridized carbons (Fsp3) is 0.467. The highest BCUT2D eigenvalue weighted by atomic mass is 32.2. The molecule has 0 aliphatic carbocycles. The molecule has 0 saturated heterocycles. The molecule has 0 spiro atoms. The van der Waals surface area contributed by atoms with E-state index in [2.05, 4.69) is 46.7 Å². The van der Waals surface area contributed by atoms with Crippen LogP contribution in [0.25, 0.3) is 0 Å². The lowest BCUT2D eigenvalue weighted by molar-refractivity contribution is 0.438. The molecule has 1 aliphatic rings. The van der Waals surface area contributed by atoms with Crippen molar-refractivity contribution in [1.82, 2.24) is 20.2 Å². The molecule has 1 aromatic heterocycles. The zero-order chi connectivity index (χ0) is 14.7. The molecular weight excluding hydrogens is 282 g/mol. The zero-order valence-corrected chi connectivity index (χ0v) is 13.0. The molecule has 0 fully saturated rings. The molecule has 5 nitrogen and oxygen atoms in total. The van der Waals surface area contributed by atoms with E-state index in [4.69, 9.17) is 5.84 Å². The maximum absolute atomic E-state index is 5.83. The van der Waals surface area contributed by atoms with Crippen molar-refractivity contribution in [2.24, 2.45) is 5.84 Å². The molecule has 1 aliphatic heterocycles. The van der Waals surface area contributed by atoms with Crippen molar-refractivity contribution in [3.05, 3.63) is 42.0 Å². The van der Waals surface area contributed by atoms with Gasteiger partial charge in [-0.1, -0.05) is 25.1 Å². The Labute approximate surface area is 129 Å². The normalized spacial score (nSPS) is 18.7. The summed E-state index contributed by atoms with van der Waals surface area (Å²) in [6.07, 6.45) is 3.49. The summed E-state index contributed by atoms with van der Waals surface area (Å²) in [5, 5.41) is 4.30. The summed E-state index contributed by atoms with van der Waals surface area (Å²) in [5.74, 6) is 8.33. The first-order valence-electron chi connectivity index (χ1n) is 7.38. The van der Waals surface area contributed by atoms with Crippen LogP contribution >= 0.6 is 11.8 Å². The lowest BCUT2D eigenvalue weighted by atomic mass is 9.91. The highest BCUT2D eigenvalue weighted by Gasteiger charge is 2.30. The summed E-state index contributed by atoms with van der Waals surface area (Å²) in [6.45, 7) is 3.05. The second kappa shape index (κ2) is 6.60. The summed E-state index contributed by atoms with van der Waals surface area (Å²) in [6, 6.07) is 8.77. The van der Waals surface area contributed by atoms with Crippen molar-refractivity contribution in [3.63, 3.8) is 0 Å². The van der Waals surface area contributed by atoms with Crippen LogP contribution in [0.5, 0.6) is 0 Å². The molecule has 21 heavy (non-hydrogen) atoms. The van der Waals surface area contributed by atoms with E-state index in [9.17, 15) is 0 Å². The topological polar surface area (TPSA) is 68.8 Å². The molecule has 3 rings (SSSR count). The number of aromatic nitrogens is 3. The van der Waals surface area contributed by atoms with E-state index >= 15 is 0 Å². The van der Waals surface area contributed by atoms with Crippen LogP contribution in [0.3, 0.4) is 0 Å². The number of thioether (sulfide) groups is 1. The number of fused-ring (bicyclic) bond motifs is 1. The first-order chi connectivity index (χ1) is 10.3. The molecule has 112 valence electrons. The number of benzene rings is 1. The standard InChI is InChI=1S/C15H21N5S/c1-2-7-20-15(17-10-18-20)8-13(19-16)12-9-21-14-6-4-3-5-11(12)14/h3-6,10,12-13,19H,2,7-9,16H2,1H3. The molecule has 3 N–H and O–H groups in total. The Morgan fingerprint density at radius 1 is 1.48 bits per heavy atom. The summed E-state index contributed by atoms with van der Waals surface area (Å²) >= 11 is 1.91. The first kappa shape index (κ1) is 14.6. The highest BCUT2D eigenvalue weighted by molar-refractivity contribution is 7.99. The quantitative estimate of drug-likeness (QED) is 0.630. The lowest BCUT2D eigenvalue weighted by Crippen LogP contribution is -2.42. The zero-order valence-electron chi connectivity index (χ0n) is 12.2. The van der Waals surface area contributed by atoms with E-state index in [1.54, 1.807) is 6.33 Å². The van der Waals surface area contributed by atoms with Crippen molar-refractivity contribution in [3.8, 4) is 0 Å². The van der Waals surface area contributed by atoms with Crippen LogP contribution < -0.4 is 11.3 Å². The van der Waals surface area contributed by atoms with Gasteiger partial charge in [-0.2, -0.15) is 5.10 Å². The van der Waals surface area contributed by atoms with E-state index in [-0.39, 0.29) is 6.04 Å². The predicted octanol–water partition coefficient (Wildman–Crippen LogP) is 1.95. The summed E-state index contributed by atoms with van der Waals surface area (Å²) in [5.41, 5.74) is 4.39. The third kappa shape index (κ3) is 2.97. The van der Waals surface area contributed by atoms with E-state index in [1.165, 1.54) is 10.5 Å². The van der Waals surface area contributed by atoms with Gasteiger partial charge in [-0.05, 0) is 18.1 Å².